The lowest BCUT2D eigenvalue weighted by Gasteiger charge is -2.42. The summed E-state index contributed by atoms with van der Waals surface area (Å²) in [6.45, 7) is 2.15. The highest BCUT2D eigenvalue weighted by molar-refractivity contribution is 5.71. The Morgan fingerprint density at radius 2 is 2.28 bits per heavy atom. The monoisotopic (exact) mass is 347 g/mol. The molecule has 0 saturated carbocycles. The third-order valence-electron chi connectivity index (χ3n) is 4.99. The molecule has 0 aromatic heterocycles. The Morgan fingerprint density at radius 1 is 1.44 bits per heavy atom. The summed E-state index contributed by atoms with van der Waals surface area (Å²) in [5.41, 5.74) is 0.171. The van der Waals surface area contributed by atoms with Crippen molar-refractivity contribution in [3.8, 4) is 11.8 Å². The van der Waals surface area contributed by atoms with E-state index in [9.17, 15) is 14.3 Å². The maximum absolute atomic E-state index is 14.0. The zero-order valence-electron chi connectivity index (χ0n) is 13.9. The molecule has 3 rings (SSSR count). The molecule has 2 aliphatic heterocycles. The van der Waals surface area contributed by atoms with Crippen molar-refractivity contribution in [2.45, 2.75) is 37.8 Å². The fraction of sp³-hybridized carbons (Fsp3) is 0.556. The standard InChI is InChI=1S/C18H22FN3O3/c19-15-8-12(10-20)3-4-17(15)25-18(24)22-7-5-14(23)9-16(22)13-2-1-6-21-11-13/h3-4,8,13-14,16,21,23H,1-2,5-7,9,11H2. The normalized spacial score (nSPS) is 26.8. The number of aliphatic hydroxyl groups is 1. The predicted octanol–water partition coefficient (Wildman–Crippen LogP) is 2.02. The molecule has 1 aromatic carbocycles. The van der Waals surface area contributed by atoms with Gasteiger partial charge in [0.25, 0.3) is 0 Å². The zero-order chi connectivity index (χ0) is 17.8. The van der Waals surface area contributed by atoms with Crippen molar-refractivity contribution in [1.82, 2.24) is 10.2 Å². The fourth-order valence-electron chi connectivity index (χ4n) is 3.66. The van der Waals surface area contributed by atoms with Crippen LogP contribution in [0.2, 0.25) is 0 Å². The molecule has 2 heterocycles. The van der Waals surface area contributed by atoms with Crippen LogP contribution in [0.15, 0.2) is 18.2 Å². The number of carbonyl (C=O) groups excluding carboxylic acids is 1. The minimum atomic E-state index is -0.736. The number of aliphatic hydroxyl groups excluding tert-OH is 1. The maximum atomic E-state index is 14.0. The SMILES string of the molecule is N#Cc1ccc(OC(=O)N2CCC(O)CC2C2CCCNC2)c(F)c1. The highest BCUT2D eigenvalue weighted by atomic mass is 19.1. The van der Waals surface area contributed by atoms with Gasteiger partial charge in [0, 0.05) is 12.6 Å². The number of nitrogens with one attached hydrogen (secondary N) is 1. The summed E-state index contributed by atoms with van der Waals surface area (Å²) in [5.74, 6) is -0.668. The van der Waals surface area contributed by atoms with Crippen molar-refractivity contribution < 1.29 is 19.0 Å². The van der Waals surface area contributed by atoms with Crippen LogP contribution in [0.3, 0.4) is 0 Å². The molecule has 0 spiro atoms. The number of amides is 1. The zero-order valence-corrected chi connectivity index (χ0v) is 13.9. The summed E-state index contributed by atoms with van der Waals surface area (Å²) in [7, 11) is 0. The van der Waals surface area contributed by atoms with Gasteiger partial charge >= 0.3 is 6.09 Å². The fourth-order valence-corrected chi connectivity index (χ4v) is 3.66. The lowest BCUT2D eigenvalue weighted by Crippen LogP contribution is -2.54. The van der Waals surface area contributed by atoms with Gasteiger partial charge in [0.15, 0.2) is 11.6 Å². The molecule has 2 saturated heterocycles. The average molecular weight is 347 g/mol. The minimum Gasteiger partial charge on any atom is -0.407 e. The van der Waals surface area contributed by atoms with Gasteiger partial charge in [-0.05, 0) is 62.9 Å². The van der Waals surface area contributed by atoms with E-state index in [4.69, 9.17) is 10.00 Å². The number of nitrogens with zero attached hydrogens (tertiary/aromatic N) is 2. The first-order valence-corrected chi connectivity index (χ1v) is 8.65. The molecule has 134 valence electrons. The molecule has 25 heavy (non-hydrogen) atoms. The Hall–Kier alpha value is -2.17. The third-order valence-corrected chi connectivity index (χ3v) is 4.99. The summed E-state index contributed by atoms with van der Waals surface area (Å²) < 4.78 is 19.2. The molecule has 1 amide bonds. The number of hydrogen-bond acceptors (Lipinski definition) is 5. The van der Waals surface area contributed by atoms with E-state index in [1.807, 2.05) is 6.07 Å². The van der Waals surface area contributed by atoms with Gasteiger partial charge in [0.1, 0.15) is 0 Å². The lowest BCUT2D eigenvalue weighted by molar-refractivity contribution is 0.0196. The first kappa shape index (κ1) is 17.6. The highest BCUT2D eigenvalue weighted by Gasteiger charge is 2.37. The van der Waals surface area contributed by atoms with Crippen LogP contribution in [0.5, 0.6) is 5.75 Å². The second-order valence-corrected chi connectivity index (χ2v) is 6.67. The molecule has 6 nitrogen and oxygen atoms in total. The largest absolute Gasteiger partial charge is 0.415 e. The minimum absolute atomic E-state index is 0.120. The van der Waals surface area contributed by atoms with E-state index < -0.39 is 18.0 Å². The molecule has 3 unspecified atom stereocenters. The van der Waals surface area contributed by atoms with E-state index in [1.165, 1.54) is 12.1 Å². The van der Waals surface area contributed by atoms with E-state index in [-0.39, 0.29) is 23.3 Å². The average Bonchev–Trinajstić information content (AvgIpc) is 2.64. The Labute approximate surface area is 146 Å². The number of halogens is 1. The van der Waals surface area contributed by atoms with Gasteiger partial charge in [0.2, 0.25) is 0 Å². The summed E-state index contributed by atoms with van der Waals surface area (Å²) in [6.07, 6.45) is 1.98. The quantitative estimate of drug-likeness (QED) is 0.855. The lowest BCUT2D eigenvalue weighted by atomic mass is 9.84. The smallest absolute Gasteiger partial charge is 0.407 e. The second kappa shape index (κ2) is 7.81. The highest BCUT2D eigenvalue weighted by Crippen LogP contribution is 2.29. The molecular formula is C18H22FN3O3. The first-order valence-electron chi connectivity index (χ1n) is 8.65. The van der Waals surface area contributed by atoms with Crippen LogP contribution < -0.4 is 10.1 Å². The molecule has 2 aliphatic rings. The summed E-state index contributed by atoms with van der Waals surface area (Å²) in [5, 5.41) is 22.1. The van der Waals surface area contributed by atoms with Crippen LogP contribution in [0, 0.1) is 23.1 Å². The van der Waals surface area contributed by atoms with E-state index in [1.54, 1.807) is 4.90 Å². The number of benzene rings is 1. The van der Waals surface area contributed by atoms with Crippen molar-refractivity contribution in [2.24, 2.45) is 5.92 Å². The number of nitriles is 1. The molecule has 3 atom stereocenters. The number of hydrogen-bond donors (Lipinski definition) is 2. The third kappa shape index (κ3) is 4.09. The number of carbonyl (C=O) groups is 1. The van der Waals surface area contributed by atoms with Crippen molar-refractivity contribution in [2.75, 3.05) is 19.6 Å². The van der Waals surface area contributed by atoms with Gasteiger partial charge in [-0.3, -0.25) is 0 Å². The number of rotatable bonds is 2. The van der Waals surface area contributed by atoms with Gasteiger partial charge < -0.3 is 20.1 Å². The van der Waals surface area contributed by atoms with Gasteiger partial charge in [-0.1, -0.05) is 0 Å². The van der Waals surface area contributed by atoms with Crippen LogP contribution in [-0.4, -0.2) is 47.9 Å². The molecule has 0 aliphatic carbocycles. The summed E-state index contributed by atoms with van der Waals surface area (Å²) in [6, 6.07) is 5.47. The van der Waals surface area contributed by atoms with Crippen molar-refractivity contribution in [3.05, 3.63) is 29.6 Å². The molecule has 1 aromatic rings. The van der Waals surface area contributed by atoms with E-state index >= 15 is 0 Å². The Morgan fingerprint density at radius 3 is 2.96 bits per heavy atom. The first-order chi connectivity index (χ1) is 12.1. The van der Waals surface area contributed by atoms with Gasteiger partial charge in [-0.2, -0.15) is 5.26 Å². The number of ether oxygens (including phenoxy) is 1. The Balaban J connectivity index is 1.73. The van der Waals surface area contributed by atoms with Crippen LogP contribution in [0.1, 0.15) is 31.2 Å². The van der Waals surface area contributed by atoms with Gasteiger partial charge in [-0.25, -0.2) is 9.18 Å². The van der Waals surface area contributed by atoms with E-state index in [0.717, 1.165) is 32.0 Å². The van der Waals surface area contributed by atoms with Crippen molar-refractivity contribution in [1.29, 1.82) is 5.26 Å². The van der Waals surface area contributed by atoms with Crippen molar-refractivity contribution in [3.63, 3.8) is 0 Å². The summed E-state index contributed by atoms with van der Waals surface area (Å²) in [4.78, 5) is 14.2. The van der Waals surface area contributed by atoms with E-state index in [2.05, 4.69) is 5.32 Å². The topological polar surface area (TPSA) is 85.6 Å². The van der Waals surface area contributed by atoms with Crippen LogP contribution in [-0.2, 0) is 0 Å². The molecule has 2 N–H and O–H groups in total. The van der Waals surface area contributed by atoms with Gasteiger partial charge in [-0.15, -0.1) is 0 Å². The number of piperidine rings is 2. The molecule has 2 fully saturated rings. The molecule has 7 heteroatoms. The van der Waals surface area contributed by atoms with Crippen LogP contribution >= 0.6 is 0 Å². The molecular weight excluding hydrogens is 325 g/mol. The van der Waals surface area contributed by atoms with Crippen LogP contribution in [0.25, 0.3) is 0 Å². The molecule has 0 bridgehead atoms. The second-order valence-electron chi connectivity index (χ2n) is 6.67. The Kier molecular flexibility index (Phi) is 5.51. The van der Waals surface area contributed by atoms with E-state index in [0.29, 0.717) is 19.4 Å². The maximum Gasteiger partial charge on any atom is 0.415 e. The predicted molar refractivity (Wildman–Crippen MR) is 88.5 cm³/mol. The Bertz CT molecular complexity index is 670. The number of likely N-dealkylation sites (tertiary alicyclic amines) is 1. The molecule has 0 radical (unpaired) electrons. The van der Waals surface area contributed by atoms with Crippen LogP contribution in [0.4, 0.5) is 9.18 Å². The summed E-state index contributed by atoms with van der Waals surface area (Å²) >= 11 is 0. The van der Waals surface area contributed by atoms with Crippen molar-refractivity contribution >= 4 is 6.09 Å². The van der Waals surface area contributed by atoms with Gasteiger partial charge in [0.05, 0.1) is 17.7 Å².